The van der Waals surface area contributed by atoms with Crippen molar-refractivity contribution in [2.24, 2.45) is 11.7 Å². The topological polar surface area (TPSA) is 44.5 Å². The Morgan fingerprint density at radius 3 is 3.00 bits per heavy atom. The zero-order valence-electron chi connectivity index (χ0n) is 8.61. The molecule has 3 nitrogen and oxygen atoms in total. The van der Waals surface area contributed by atoms with Crippen LogP contribution in [0.3, 0.4) is 0 Å². The summed E-state index contributed by atoms with van der Waals surface area (Å²) < 4.78 is 10.8. The summed E-state index contributed by atoms with van der Waals surface area (Å²) in [4.78, 5) is 0. The highest BCUT2D eigenvalue weighted by atomic mass is 16.7. The maximum atomic E-state index is 6.17. The monoisotopic (exact) mass is 205 g/mol. The number of benzene rings is 1. The van der Waals surface area contributed by atoms with E-state index in [1.54, 1.807) is 0 Å². The van der Waals surface area contributed by atoms with Crippen LogP contribution in [0, 0.1) is 5.92 Å². The summed E-state index contributed by atoms with van der Waals surface area (Å²) in [6.07, 6.45) is 3.74. The Morgan fingerprint density at radius 1 is 1.33 bits per heavy atom. The molecule has 1 aliphatic heterocycles. The molecule has 3 rings (SSSR count). The summed E-state index contributed by atoms with van der Waals surface area (Å²) in [5.41, 5.74) is 7.27. The van der Waals surface area contributed by atoms with Crippen molar-refractivity contribution in [3.05, 3.63) is 23.8 Å². The molecule has 1 saturated carbocycles. The third-order valence-corrected chi connectivity index (χ3v) is 3.11. The molecule has 0 spiro atoms. The molecule has 3 heteroatoms. The minimum atomic E-state index is 0.0918. The van der Waals surface area contributed by atoms with E-state index < -0.39 is 0 Å². The fourth-order valence-electron chi connectivity index (χ4n) is 2.08. The normalized spacial score (nSPS) is 20.3. The van der Waals surface area contributed by atoms with Gasteiger partial charge in [-0.1, -0.05) is 25.0 Å². The van der Waals surface area contributed by atoms with Crippen LogP contribution < -0.4 is 15.2 Å². The van der Waals surface area contributed by atoms with E-state index in [0.717, 1.165) is 29.4 Å². The molecular weight excluding hydrogens is 190 g/mol. The van der Waals surface area contributed by atoms with Gasteiger partial charge in [-0.15, -0.1) is 0 Å². The van der Waals surface area contributed by atoms with Gasteiger partial charge in [0, 0.05) is 11.6 Å². The van der Waals surface area contributed by atoms with Crippen LogP contribution >= 0.6 is 0 Å². The maximum absolute atomic E-state index is 6.17. The van der Waals surface area contributed by atoms with Crippen molar-refractivity contribution >= 4 is 0 Å². The largest absolute Gasteiger partial charge is 0.454 e. The highest BCUT2D eigenvalue weighted by molar-refractivity contribution is 5.49. The standard InChI is InChI=1S/C12H15NO2/c13-10(6-8-4-5-8)9-2-1-3-11-12(9)15-7-14-11/h1-3,8,10H,4-7,13H2/t10-/m1/s1. The Balaban J connectivity index is 1.86. The number of nitrogens with two attached hydrogens (primary N) is 1. The minimum Gasteiger partial charge on any atom is -0.454 e. The van der Waals surface area contributed by atoms with E-state index in [2.05, 4.69) is 0 Å². The van der Waals surface area contributed by atoms with Crippen molar-refractivity contribution in [1.82, 2.24) is 0 Å². The third-order valence-electron chi connectivity index (χ3n) is 3.11. The summed E-state index contributed by atoms with van der Waals surface area (Å²) in [6.45, 7) is 0.322. The quantitative estimate of drug-likeness (QED) is 0.822. The van der Waals surface area contributed by atoms with E-state index in [4.69, 9.17) is 15.2 Å². The van der Waals surface area contributed by atoms with Crippen LogP contribution in [0.25, 0.3) is 0 Å². The molecule has 0 unspecified atom stereocenters. The van der Waals surface area contributed by atoms with Crippen LogP contribution in [0.4, 0.5) is 0 Å². The summed E-state index contributed by atoms with van der Waals surface area (Å²) >= 11 is 0. The van der Waals surface area contributed by atoms with Gasteiger partial charge in [0.25, 0.3) is 0 Å². The molecule has 0 radical (unpaired) electrons. The van der Waals surface area contributed by atoms with Gasteiger partial charge < -0.3 is 15.2 Å². The highest BCUT2D eigenvalue weighted by Gasteiger charge is 2.27. The zero-order valence-corrected chi connectivity index (χ0v) is 8.61. The fraction of sp³-hybridized carbons (Fsp3) is 0.500. The lowest BCUT2D eigenvalue weighted by molar-refractivity contribution is 0.173. The first-order chi connectivity index (χ1) is 7.34. The second kappa shape index (κ2) is 3.42. The molecule has 0 bridgehead atoms. The number of fused-ring (bicyclic) bond motifs is 1. The molecule has 1 heterocycles. The lowest BCUT2D eigenvalue weighted by Gasteiger charge is -2.13. The van der Waals surface area contributed by atoms with Crippen LogP contribution in [0.1, 0.15) is 30.9 Å². The van der Waals surface area contributed by atoms with Crippen molar-refractivity contribution in [2.45, 2.75) is 25.3 Å². The number of rotatable bonds is 3. The predicted octanol–water partition coefficient (Wildman–Crippen LogP) is 2.22. The fourth-order valence-corrected chi connectivity index (χ4v) is 2.08. The predicted molar refractivity (Wildman–Crippen MR) is 56.8 cm³/mol. The summed E-state index contributed by atoms with van der Waals surface area (Å²) in [5.74, 6) is 2.52. The Labute approximate surface area is 89.2 Å². The van der Waals surface area contributed by atoms with Crippen molar-refractivity contribution in [3.8, 4) is 11.5 Å². The molecule has 1 aromatic rings. The van der Waals surface area contributed by atoms with Gasteiger partial charge in [-0.2, -0.15) is 0 Å². The van der Waals surface area contributed by atoms with Gasteiger partial charge in [0.15, 0.2) is 11.5 Å². The maximum Gasteiger partial charge on any atom is 0.231 e. The van der Waals surface area contributed by atoms with Gasteiger partial charge >= 0.3 is 0 Å². The van der Waals surface area contributed by atoms with E-state index in [1.807, 2.05) is 18.2 Å². The molecule has 15 heavy (non-hydrogen) atoms. The van der Waals surface area contributed by atoms with Crippen molar-refractivity contribution in [1.29, 1.82) is 0 Å². The van der Waals surface area contributed by atoms with Gasteiger partial charge in [0.1, 0.15) is 0 Å². The molecule has 1 fully saturated rings. The van der Waals surface area contributed by atoms with E-state index in [9.17, 15) is 0 Å². The highest BCUT2D eigenvalue weighted by Crippen LogP contribution is 2.42. The van der Waals surface area contributed by atoms with Crippen LogP contribution in [0.2, 0.25) is 0 Å². The number of hydrogen-bond acceptors (Lipinski definition) is 3. The van der Waals surface area contributed by atoms with E-state index in [0.29, 0.717) is 6.79 Å². The minimum absolute atomic E-state index is 0.0918. The first-order valence-electron chi connectivity index (χ1n) is 5.48. The SMILES string of the molecule is N[C@H](CC1CC1)c1cccc2c1OCO2. The van der Waals surface area contributed by atoms with Gasteiger partial charge in [-0.25, -0.2) is 0 Å². The average molecular weight is 205 g/mol. The van der Waals surface area contributed by atoms with Gasteiger partial charge in [-0.05, 0) is 18.4 Å². The van der Waals surface area contributed by atoms with Crippen LogP contribution in [-0.4, -0.2) is 6.79 Å². The van der Waals surface area contributed by atoms with Crippen LogP contribution in [-0.2, 0) is 0 Å². The number of para-hydroxylation sites is 1. The average Bonchev–Trinajstić information content (AvgIpc) is 2.93. The van der Waals surface area contributed by atoms with E-state index in [-0.39, 0.29) is 6.04 Å². The molecule has 1 atom stereocenters. The molecule has 1 aliphatic carbocycles. The van der Waals surface area contributed by atoms with Crippen LogP contribution in [0.5, 0.6) is 11.5 Å². The summed E-state index contributed by atoms with van der Waals surface area (Å²) in [5, 5.41) is 0. The van der Waals surface area contributed by atoms with Crippen molar-refractivity contribution < 1.29 is 9.47 Å². The Kier molecular flexibility index (Phi) is 2.06. The second-order valence-electron chi connectivity index (χ2n) is 4.37. The van der Waals surface area contributed by atoms with E-state index >= 15 is 0 Å². The first kappa shape index (κ1) is 9.04. The lowest BCUT2D eigenvalue weighted by Crippen LogP contribution is -2.11. The van der Waals surface area contributed by atoms with Crippen molar-refractivity contribution in [3.63, 3.8) is 0 Å². The van der Waals surface area contributed by atoms with Gasteiger partial charge in [-0.3, -0.25) is 0 Å². The lowest BCUT2D eigenvalue weighted by atomic mass is 10.0. The third kappa shape index (κ3) is 1.67. The molecule has 1 aromatic carbocycles. The molecule has 80 valence electrons. The number of ether oxygens (including phenoxy) is 2. The van der Waals surface area contributed by atoms with Gasteiger partial charge in [0.05, 0.1) is 0 Å². The smallest absolute Gasteiger partial charge is 0.231 e. The molecule has 0 aromatic heterocycles. The first-order valence-corrected chi connectivity index (χ1v) is 5.48. The molecule has 0 saturated heterocycles. The molecular formula is C12H15NO2. The Hall–Kier alpha value is -1.22. The molecule has 0 amide bonds. The van der Waals surface area contributed by atoms with E-state index in [1.165, 1.54) is 12.8 Å². The Morgan fingerprint density at radius 2 is 2.20 bits per heavy atom. The van der Waals surface area contributed by atoms with Crippen molar-refractivity contribution in [2.75, 3.05) is 6.79 Å². The Bertz CT molecular complexity index is 374. The summed E-state index contributed by atoms with van der Waals surface area (Å²) in [7, 11) is 0. The van der Waals surface area contributed by atoms with Gasteiger partial charge in [0.2, 0.25) is 6.79 Å². The second-order valence-corrected chi connectivity index (χ2v) is 4.37. The summed E-state index contributed by atoms with van der Waals surface area (Å²) in [6, 6.07) is 6.04. The number of hydrogen-bond donors (Lipinski definition) is 1. The zero-order chi connectivity index (χ0) is 10.3. The molecule has 2 N–H and O–H groups in total. The molecule has 2 aliphatic rings. The van der Waals surface area contributed by atoms with Crippen LogP contribution in [0.15, 0.2) is 18.2 Å².